The molecule has 1 aromatic rings. The molecule has 2 unspecified atom stereocenters. The molecule has 3 nitrogen and oxygen atoms in total. The Labute approximate surface area is 117 Å². The Balaban J connectivity index is 2.22. The summed E-state index contributed by atoms with van der Waals surface area (Å²) in [5, 5.41) is 3.32. The number of hydrogen-bond acceptors (Lipinski definition) is 3. The molecular formula is C16H27N3. The lowest BCUT2D eigenvalue weighted by atomic mass is 10.0. The summed E-state index contributed by atoms with van der Waals surface area (Å²) in [6.45, 7) is 9.97. The van der Waals surface area contributed by atoms with Gasteiger partial charge in [-0.05, 0) is 52.1 Å². The number of likely N-dealkylation sites (N-methyl/N-ethyl adjacent to an activating group) is 2. The minimum absolute atomic E-state index is 0.577. The van der Waals surface area contributed by atoms with Crippen LogP contribution < -0.4 is 10.2 Å². The van der Waals surface area contributed by atoms with Crippen molar-refractivity contribution in [3.05, 3.63) is 29.3 Å². The van der Waals surface area contributed by atoms with E-state index in [0.717, 1.165) is 19.6 Å². The number of benzene rings is 1. The highest BCUT2D eigenvalue weighted by molar-refractivity contribution is 5.55. The van der Waals surface area contributed by atoms with Gasteiger partial charge >= 0.3 is 0 Å². The van der Waals surface area contributed by atoms with Crippen molar-refractivity contribution in [2.45, 2.75) is 32.9 Å². The highest BCUT2D eigenvalue weighted by atomic mass is 15.3. The summed E-state index contributed by atoms with van der Waals surface area (Å²) in [4.78, 5) is 5.05. The minimum atomic E-state index is 0.577. The van der Waals surface area contributed by atoms with Crippen molar-refractivity contribution < 1.29 is 0 Å². The van der Waals surface area contributed by atoms with Gasteiger partial charge in [0.15, 0.2) is 0 Å². The van der Waals surface area contributed by atoms with Gasteiger partial charge in [-0.2, -0.15) is 0 Å². The summed E-state index contributed by atoms with van der Waals surface area (Å²) >= 11 is 0. The Kier molecular flexibility index (Phi) is 4.48. The van der Waals surface area contributed by atoms with Gasteiger partial charge in [-0.25, -0.2) is 0 Å². The predicted octanol–water partition coefficient (Wildman–Crippen LogP) is 2.03. The lowest BCUT2D eigenvalue weighted by molar-refractivity contribution is 0.157. The van der Waals surface area contributed by atoms with Crippen molar-refractivity contribution in [2.24, 2.45) is 0 Å². The maximum atomic E-state index is 3.32. The smallest absolute Gasteiger partial charge is 0.0399 e. The molecule has 3 heteroatoms. The molecule has 1 aromatic carbocycles. The molecule has 1 aliphatic rings. The third kappa shape index (κ3) is 3.10. The van der Waals surface area contributed by atoms with Crippen LogP contribution in [-0.2, 0) is 0 Å². The van der Waals surface area contributed by atoms with Gasteiger partial charge < -0.3 is 10.2 Å². The molecule has 2 rings (SSSR count). The normalized spacial score (nSPS) is 24.8. The Morgan fingerprint density at radius 2 is 2.00 bits per heavy atom. The molecular weight excluding hydrogens is 234 g/mol. The van der Waals surface area contributed by atoms with Crippen LogP contribution in [0.3, 0.4) is 0 Å². The highest BCUT2D eigenvalue weighted by Crippen LogP contribution is 2.25. The molecule has 1 fully saturated rings. The Morgan fingerprint density at radius 1 is 1.26 bits per heavy atom. The molecule has 1 heterocycles. The van der Waals surface area contributed by atoms with E-state index >= 15 is 0 Å². The Bertz CT molecular complexity index is 430. The van der Waals surface area contributed by atoms with E-state index in [2.05, 4.69) is 61.1 Å². The molecule has 0 aliphatic carbocycles. The predicted molar refractivity (Wildman–Crippen MR) is 83.1 cm³/mol. The molecule has 0 amide bonds. The number of nitrogens with zero attached hydrogens (tertiary/aromatic N) is 2. The number of nitrogens with one attached hydrogen (secondary N) is 1. The zero-order valence-electron chi connectivity index (χ0n) is 12.9. The molecule has 1 aliphatic heterocycles. The van der Waals surface area contributed by atoms with Crippen molar-refractivity contribution in [1.82, 2.24) is 10.2 Å². The van der Waals surface area contributed by atoms with Gasteiger partial charge in [-0.1, -0.05) is 12.1 Å². The van der Waals surface area contributed by atoms with Crippen LogP contribution >= 0.6 is 0 Å². The molecule has 0 saturated carbocycles. The fraction of sp³-hybridized carbons (Fsp3) is 0.625. The summed E-state index contributed by atoms with van der Waals surface area (Å²) in [5.74, 6) is 0. The molecule has 0 spiro atoms. The number of anilines is 1. The molecule has 0 radical (unpaired) electrons. The van der Waals surface area contributed by atoms with Gasteiger partial charge in [-0.15, -0.1) is 0 Å². The second kappa shape index (κ2) is 5.93. The minimum Gasteiger partial charge on any atom is -0.368 e. The van der Waals surface area contributed by atoms with Gasteiger partial charge in [0.1, 0.15) is 0 Å². The van der Waals surface area contributed by atoms with Gasteiger partial charge in [0, 0.05) is 37.4 Å². The van der Waals surface area contributed by atoms with Crippen molar-refractivity contribution in [1.29, 1.82) is 0 Å². The fourth-order valence-corrected chi connectivity index (χ4v) is 2.97. The fourth-order valence-electron chi connectivity index (χ4n) is 2.97. The van der Waals surface area contributed by atoms with Crippen LogP contribution in [0.4, 0.5) is 5.69 Å². The number of piperazine rings is 1. The second-order valence-corrected chi connectivity index (χ2v) is 5.92. The van der Waals surface area contributed by atoms with E-state index in [9.17, 15) is 0 Å². The van der Waals surface area contributed by atoms with E-state index in [1.807, 2.05) is 7.05 Å². The first-order chi connectivity index (χ1) is 9.02. The first-order valence-electron chi connectivity index (χ1n) is 7.21. The standard InChI is InChI=1S/C16H27N3/c1-12-6-7-13(2)16(8-12)19-10-14(3)18(5)15(11-19)9-17-4/h6-8,14-15,17H,9-11H2,1-5H3. The maximum Gasteiger partial charge on any atom is 0.0399 e. The summed E-state index contributed by atoms with van der Waals surface area (Å²) in [6.07, 6.45) is 0. The summed E-state index contributed by atoms with van der Waals surface area (Å²) in [6, 6.07) is 7.93. The topological polar surface area (TPSA) is 18.5 Å². The Morgan fingerprint density at radius 3 is 2.68 bits per heavy atom. The van der Waals surface area contributed by atoms with E-state index in [0.29, 0.717) is 12.1 Å². The molecule has 19 heavy (non-hydrogen) atoms. The zero-order chi connectivity index (χ0) is 14.0. The molecule has 106 valence electrons. The first kappa shape index (κ1) is 14.4. The lowest BCUT2D eigenvalue weighted by Gasteiger charge is -2.45. The van der Waals surface area contributed by atoms with E-state index in [4.69, 9.17) is 0 Å². The van der Waals surface area contributed by atoms with Crippen LogP contribution in [0.1, 0.15) is 18.1 Å². The molecule has 2 atom stereocenters. The second-order valence-electron chi connectivity index (χ2n) is 5.92. The monoisotopic (exact) mass is 261 g/mol. The van der Waals surface area contributed by atoms with Gasteiger partial charge in [0.2, 0.25) is 0 Å². The summed E-state index contributed by atoms with van der Waals surface area (Å²) in [7, 11) is 4.28. The molecule has 1 N–H and O–H groups in total. The van der Waals surface area contributed by atoms with Crippen molar-refractivity contribution >= 4 is 5.69 Å². The third-order valence-electron chi connectivity index (χ3n) is 4.33. The molecule has 0 aromatic heterocycles. The third-order valence-corrected chi connectivity index (χ3v) is 4.33. The van der Waals surface area contributed by atoms with Gasteiger partial charge in [-0.3, -0.25) is 4.90 Å². The molecule has 0 bridgehead atoms. The summed E-state index contributed by atoms with van der Waals surface area (Å²) in [5.41, 5.74) is 4.13. The van der Waals surface area contributed by atoms with E-state index in [1.165, 1.54) is 16.8 Å². The van der Waals surface area contributed by atoms with Crippen molar-refractivity contribution in [3.63, 3.8) is 0 Å². The van der Waals surface area contributed by atoms with E-state index in [1.54, 1.807) is 0 Å². The van der Waals surface area contributed by atoms with Gasteiger partial charge in [0.05, 0.1) is 0 Å². The van der Waals surface area contributed by atoms with Gasteiger partial charge in [0.25, 0.3) is 0 Å². The Hall–Kier alpha value is -1.06. The number of aryl methyl sites for hydroxylation is 2. The number of hydrogen-bond donors (Lipinski definition) is 1. The average molecular weight is 261 g/mol. The van der Waals surface area contributed by atoms with Crippen molar-refractivity contribution in [3.8, 4) is 0 Å². The zero-order valence-corrected chi connectivity index (χ0v) is 12.9. The van der Waals surface area contributed by atoms with E-state index in [-0.39, 0.29) is 0 Å². The van der Waals surface area contributed by atoms with Crippen LogP contribution in [0, 0.1) is 13.8 Å². The SMILES string of the molecule is CNCC1CN(c2cc(C)ccc2C)CC(C)N1C. The van der Waals surface area contributed by atoms with Crippen LogP contribution in [0.15, 0.2) is 18.2 Å². The van der Waals surface area contributed by atoms with Crippen LogP contribution in [0.25, 0.3) is 0 Å². The quantitative estimate of drug-likeness (QED) is 0.898. The summed E-state index contributed by atoms with van der Waals surface area (Å²) < 4.78 is 0. The van der Waals surface area contributed by atoms with Crippen LogP contribution in [-0.4, -0.2) is 50.7 Å². The first-order valence-corrected chi connectivity index (χ1v) is 7.21. The van der Waals surface area contributed by atoms with E-state index < -0.39 is 0 Å². The largest absolute Gasteiger partial charge is 0.368 e. The lowest BCUT2D eigenvalue weighted by Crippen LogP contribution is -2.59. The maximum absolute atomic E-state index is 3.32. The number of rotatable bonds is 3. The van der Waals surface area contributed by atoms with Crippen LogP contribution in [0.2, 0.25) is 0 Å². The van der Waals surface area contributed by atoms with Crippen molar-refractivity contribution in [2.75, 3.05) is 38.6 Å². The average Bonchev–Trinajstić information content (AvgIpc) is 2.38. The highest BCUT2D eigenvalue weighted by Gasteiger charge is 2.29. The van der Waals surface area contributed by atoms with Crippen LogP contribution in [0.5, 0.6) is 0 Å². The molecule has 1 saturated heterocycles.